The number of rotatable bonds is 47. The number of unbranched alkanes of at least 4 members (excludes halogenated alkanes) is 23. The number of carboxylic acids is 1. The van der Waals surface area contributed by atoms with E-state index in [1.807, 2.05) is 0 Å². The topological polar surface area (TPSA) is 175 Å². The van der Waals surface area contributed by atoms with Crippen LogP contribution in [0, 0.1) is 0 Å². The molecule has 12 nitrogen and oxygen atoms in total. The Labute approximate surface area is 430 Å². The zero-order chi connectivity index (χ0) is 51.8. The van der Waals surface area contributed by atoms with Gasteiger partial charge in [0.2, 0.25) is 0 Å². The van der Waals surface area contributed by atoms with Gasteiger partial charge in [-0.05, 0) is 83.5 Å². The molecule has 1 heterocycles. The molecule has 0 radical (unpaired) electrons. The predicted molar refractivity (Wildman–Crippen MR) is 285 cm³/mol. The molecular weight excluding hydrogens is 901 g/mol. The molecule has 0 spiro atoms. The first-order valence-corrected chi connectivity index (χ1v) is 28.3. The summed E-state index contributed by atoms with van der Waals surface area (Å²) >= 11 is 0. The first kappa shape index (κ1) is 65.4. The minimum atomic E-state index is -1.91. The average Bonchev–Trinajstić information content (AvgIpc) is 3.35. The fourth-order valence-electron chi connectivity index (χ4n) is 8.24. The summed E-state index contributed by atoms with van der Waals surface area (Å²) in [5.74, 6) is -3.18. The van der Waals surface area contributed by atoms with Gasteiger partial charge >= 0.3 is 23.9 Å². The summed E-state index contributed by atoms with van der Waals surface area (Å²) in [6, 6.07) is 0. The standard InChI is InChI=1S/C59H100O12/c1-4-7-10-13-16-19-22-25-26-29-30-33-36-39-42-45-51(60)67-48-50(69-52(61)46-43-40-37-34-31-27-23-20-17-14-11-8-5-2)49-68-59-57(55(64)54(63)56(71-59)58(65)66)70-53(62)47-44-41-38-35-32-28-24-21-18-15-12-9-6-3/h7,10,16,19,21,24-26,30,33,50,54-57,59,63-64H,4-6,8-9,11-15,17-18,20,22-23,27-29,31-32,34-49H2,1-3H3,(H,65,66)/b10-7-,19-16-,24-21-,26-25-,33-30-. The Hall–Kier alpha value is -3.58. The van der Waals surface area contributed by atoms with Crippen LogP contribution in [-0.4, -0.2) is 89.2 Å². The maximum Gasteiger partial charge on any atom is 0.335 e. The van der Waals surface area contributed by atoms with E-state index in [9.17, 15) is 34.5 Å². The molecule has 1 fully saturated rings. The van der Waals surface area contributed by atoms with Crippen LogP contribution in [0.1, 0.15) is 239 Å². The molecule has 0 aromatic carbocycles. The molecule has 0 aromatic heterocycles. The van der Waals surface area contributed by atoms with E-state index in [-0.39, 0.29) is 25.9 Å². The number of hydrogen-bond donors (Lipinski definition) is 3. The van der Waals surface area contributed by atoms with Gasteiger partial charge in [-0.2, -0.15) is 0 Å². The van der Waals surface area contributed by atoms with Gasteiger partial charge in [-0.1, -0.05) is 197 Å². The number of aliphatic hydroxyl groups is 2. The molecule has 3 N–H and O–H groups in total. The number of esters is 3. The van der Waals surface area contributed by atoms with Gasteiger partial charge in [-0.3, -0.25) is 14.4 Å². The molecule has 6 atom stereocenters. The summed E-state index contributed by atoms with van der Waals surface area (Å²) in [6.45, 7) is 5.81. The largest absolute Gasteiger partial charge is 0.479 e. The Morgan fingerprint density at radius 2 is 0.887 bits per heavy atom. The lowest BCUT2D eigenvalue weighted by atomic mass is 9.98. The summed E-state index contributed by atoms with van der Waals surface area (Å²) in [5, 5.41) is 31.4. The SMILES string of the molecule is CC/C=C\C/C=C\C/C=C\C/C=C\CCCCC(=O)OCC(COC1OC(C(=O)O)C(O)C(O)C1OC(=O)CCCCCCC/C=C\CCCCCC)OC(=O)CCCCCCCCCCCCCCC. The highest BCUT2D eigenvalue weighted by molar-refractivity contribution is 5.74. The molecule has 1 aliphatic heterocycles. The number of carbonyl (C=O) groups is 4. The summed E-state index contributed by atoms with van der Waals surface area (Å²) in [6.07, 6.45) is 44.8. The zero-order valence-electron chi connectivity index (χ0n) is 44.7. The van der Waals surface area contributed by atoms with E-state index in [2.05, 4.69) is 81.5 Å². The second kappa shape index (κ2) is 47.4. The molecule has 0 bridgehead atoms. The van der Waals surface area contributed by atoms with Crippen LogP contribution in [0.2, 0.25) is 0 Å². The van der Waals surface area contributed by atoms with Crippen LogP contribution in [-0.2, 0) is 42.9 Å². The molecule has 1 saturated heterocycles. The number of aliphatic carboxylic acids is 1. The van der Waals surface area contributed by atoms with E-state index in [0.29, 0.717) is 19.3 Å². The van der Waals surface area contributed by atoms with Crippen molar-refractivity contribution in [1.82, 2.24) is 0 Å². The van der Waals surface area contributed by atoms with Crippen molar-refractivity contribution < 1.29 is 58.2 Å². The monoisotopic (exact) mass is 1000 g/mol. The number of carbonyl (C=O) groups excluding carboxylic acids is 3. The Kier molecular flexibility index (Phi) is 43.7. The smallest absolute Gasteiger partial charge is 0.335 e. The molecule has 1 rings (SSSR count). The van der Waals surface area contributed by atoms with Gasteiger partial charge in [-0.15, -0.1) is 0 Å². The van der Waals surface area contributed by atoms with E-state index in [1.165, 1.54) is 83.5 Å². The van der Waals surface area contributed by atoms with Crippen molar-refractivity contribution in [2.24, 2.45) is 0 Å². The second-order valence-electron chi connectivity index (χ2n) is 19.2. The molecule has 408 valence electrons. The van der Waals surface area contributed by atoms with Gasteiger partial charge in [-0.25, -0.2) is 4.79 Å². The average molecular weight is 1000 g/mol. The van der Waals surface area contributed by atoms with E-state index in [0.717, 1.165) is 96.3 Å². The van der Waals surface area contributed by atoms with Crippen LogP contribution in [0.3, 0.4) is 0 Å². The predicted octanol–water partition coefficient (Wildman–Crippen LogP) is 14.0. The number of carboxylic acid groups (broad SMARTS) is 1. The van der Waals surface area contributed by atoms with Crippen LogP contribution in [0.5, 0.6) is 0 Å². The van der Waals surface area contributed by atoms with Crippen LogP contribution in [0.15, 0.2) is 60.8 Å². The van der Waals surface area contributed by atoms with Gasteiger partial charge < -0.3 is 39.0 Å². The van der Waals surface area contributed by atoms with Gasteiger partial charge in [0.25, 0.3) is 0 Å². The van der Waals surface area contributed by atoms with Gasteiger partial charge in [0.15, 0.2) is 24.6 Å². The molecule has 0 aliphatic carbocycles. The van der Waals surface area contributed by atoms with Gasteiger partial charge in [0.05, 0.1) is 6.61 Å². The first-order chi connectivity index (χ1) is 34.6. The Morgan fingerprint density at radius 3 is 1.41 bits per heavy atom. The van der Waals surface area contributed by atoms with Crippen LogP contribution in [0.25, 0.3) is 0 Å². The lowest BCUT2D eigenvalue weighted by Crippen LogP contribution is -2.61. The molecular formula is C59H100O12. The molecule has 12 heteroatoms. The lowest BCUT2D eigenvalue weighted by Gasteiger charge is -2.40. The van der Waals surface area contributed by atoms with E-state index in [4.69, 9.17) is 23.7 Å². The number of aliphatic hydroxyl groups excluding tert-OH is 2. The first-order valence-electron chi connectivity index (χ1n) is 28.3. The minimum Gasteiger partial charge on any atom is -0.479 e. The summed E-state index contributed by atoms with van der Waals surface area (Å²) in [4.78, 5) is 51.0. The highest BCUT2D eigenvalue weighted by Crippen LogP contribution is 2.26. The third-order valence-corrected chi connectivity index (χ3v) is 12.6. The maximum atomic E-state index is 13.1. The van der Waals surface area contributed by atoms with Crippen molar-refractivity contribution in [3.8, 4) is 0 Å². The molecule has 71 heavy (non-hydrogen) atoms. The van der Waals surface area contributed by atoms with Crippen LogP contribution in [0.4, 0.5) is 0 Å². The van der Waals surface area contributed by atoms with Gasteiger partial charge in [0, 0.05) is 19.3 Å². The number of ether oxygens (including phenoxy) is 5. The summed E-state index contributed by atoms with van der Waals surface area (Å²) in [5.41, 5.74) is 0. The van der Waals surface area contributed by atoms with E-state index >= 15 is 0 Å². The molecule has 0 amide bonds. The van der Waals surface area contributed by atoms with Crippen molar-refractivity contribution in [3.05, 3.63) is 60.8 Å². The minimum absolute atomic E-state index is 0.0465. The Bertz CT molecular complexity index is 1470. The van der Waals surface area contributed by atoms with Crippen molar-refractivity contribution in [2.75, 3.05) is 13.2 Å². The quantitative estimate of drug-likeness (QED) is 0.0228. The highest BCUT2D eigenvalue weighted by atomic mass is 16.7. The normalized spacial score (nSPS) is 18.9. The van der Waals surface area contributed by atoms with Crippen molar-refractivity contribution >= 4 is 23.9 Å². The maximum absolute atomic E-state index is 13.1. The Balaban J connectivity index is 2.74. The molecule has 6 unspecified atom stereocenters. The van der Waals surface area contributed by atoms with Crippen molar-refractivity contribution in [1.29, 1.82) is 0 Å². The summed E-state index contributed by atoms with van der Waals surface area (Å²) < 4.78 is 28.3. The summed E-state index contributed by atoms with van der Waals surface area (Å²) in [7, 11) is 0. The fourth-order valence-corrected chi connectivity index (χ4v) is 8.24. The molecule has 0 saturated carbocycles. The Morgan fingerprint density at radius 1 is 0.479 bits per heavy atom. The fraction of sp³-hybridized carbons (Fsp3) is 0.763. The number of hydrogen-bond acceptors (Lipinski definition) is 11. The third-order valence-electron chi connectivity index (χ3n) is 12.6. The van der Waals surface area contributed by atoms with Crippen LogP contribution >= 0.6 is 0 Å². The van der Waals surface area contributed by atoms with Crippen molar-refractivity contribution in [2.45, 2.75) is 276 Å². The van der Waals surface area contributed by atoms with Gasteiger partial charge in [0.1, 0.15) is 18.8 Å². The highest BCUT2D eigenvalue weighted by Gasteiger charge is 2.50. The van der Waals surface area contributed by atoms with E-state index < -0.39 is 67.3 Å². The van der Waals surface area contributed by atoms with E-state index in [1.54, 1.807) is 0 Å². The van der Waals surface area contributed by atoms with Crippen LogP contribution < -0.4 is 0 Å². The lowest BCUT2D eigenvalue weighted by molar-refractivity contribution is -0.301. The molecule has 1 aliphatic rings. The zero-order valence-corrected chi connectivity index (χ0v) is 44.7. The van der Waals surface area contributed by atoms with Crippen molar-refractivity contribution in [3.63, 3.8) is 0 Å². The second-order valence-corrected chi connectivity index (χ2v) is 19.2. The third kappa shape index (κ3) is 37.8. The number of allylic oxidation sites excluding steroid dienone is 10. The molecule has 0 aromatic rings.